The van der Waals surface area contributed by atoms with E-state index >= 15 is 0 Å². The van der Waals surface area contributed by atoms with Crippen LogP contribution in [-0.2, 0) is 109 Å². The molecule has 1 saturated heterocycles. The number of benzene rings is 4. The first-order valence-electron chi connectivity index (χ1n) is 27.2. The number of hydroxylamine groups is 2. The summed E-state index contributed by atoms with van der Waals surface area (Å²) in [7, 11) is -23.3. The van der Waals surface area contributed by atoms with Crippen molar-refractivity contribution >= 4 is 107 Å². The third-order valence-corrected chi connectivity index (χ3v) is 19.0. The first kappa shape index (κ1) is 69.5. The van der Waals surface area contributed by atoms with Gasteiger partial charge in [0.25, 0.3) is 62.4 Å². The van der Waals surface area contributed by atoms with E-state index in [1.165, 1.54) is 19.2 Å². The molecule has 5 N–H and O–H groups in total. The van der Waals surface area contributed by atoms with E-state index in [2.05, 4.69) is 0 Å². The number of ether oxygens (including phenoxy) is 6. The molecular formula is C55H68N3O25S5+. The van der Waals surface area contributed by atoms with E-state index in [1.807, 2.05) is 4.90 Å². The van der Waals surface area contributed by atoms with Crippen LogP contribution in [0.2, 0.25) is 0 Å². The van der Waals surface area contributed by atoms with E-state index < -0.39 is 105 Å². The van der Waals surface area contributed by atoms with Crippen LogP contribution in [0.5, 0.6) is 0 Å². The first-order valence-corrected chi connectivity index (χ1v) is 34.6. The highest BCUT2D eigenvalue weighted by Gasteiger charge is 2.49. The predicted molar refractivity (Wildman–Crippen MR) is 314 cm³/mol. The lowest BCUT2D eigenvalue weighted by atomic mass is 9.74. The van der Waals surface area contributed by atoms with E-state index in [1.54, 1.807) is 67.9 Å². The number of rotatable bonds is 33. The molecule has 1 unspecified atom stereocenters. The Labute approximate surface area is 509 Å². The van der Waals surface area contributed by atoms with Gasteiger partial charge in [-0.15, -0.1) is 5.06 Å². The number of allylic oxidation sites excluding steroid dienone is 6. The van der Waals surface area contributed by atoms with Crippen LogP contribution in [0.25, 0.3) is 21.5 Å². The standard InChI is InChI=1S/C55H67N3O25S5/c1-54(2)47(9-6-5-7-10-48-55(3,18-8-32-84(62,63)64)53-42-34-38(86(68,69)70)36-46(88(74,75)76)40(42)12-14-44(53)57(48)19-22-77-4)56(43-13-11-39-41(52(43)54)33-37(85(65,66)67)35-45(39)87(71,72)73)20-23-79-25-27-81-29-31-82-30-28-80-26-24-78-21-17-51(61)83-58-49(59)15-16-50(58)60/h5-7,9-14,33-36H,8,15-32H2,1-4H3,(H4-,62,63,64,65,66,67,68,69,70,71,72,73,74,75,76)/p+1. The minimum atomic E-state index is -5.12. The van der Waals surface area contributed by atoms with Crippen LogP contribution in [0.3, 0.4) is 0 Å². The van der Waals surface area contributed by atoms with Gasteiger partial charge in [0.2, 0.25) is 5.69 Å². The Morgan fingerprint density at radius 3 is 1.60 bits per heavy atom. The molecule has 0 aromatic heterocycles. The van der Waals surface area contributed by atoms with Crippen LogP contribution in [0.15, 0.2) is 104 Å². The SMILES string of the molecule is COCC[N+]1=C(/C=C/C=C/C=C2/N(CCOCCOCCOCCOCCOCCC(=O)ON3C(=O)CCC3=O)c3ccc4c(S(=O)(=O)O)cc(S(=O)(=O)O)cc4c3C2(C)C)C(C)(CCCS(=O)(=O)O)c2c1ccc1c(S(=O)(=O)O)cc(S(=O)(=O)O)cc21. The maximum Gasteiger partial charge on any atom is 0.335 e. The molecule has 0 saturated carbocycles. The van der Waals surface area contributed by atoms with Crippen LogP contribution in [0.4, 0.5) is 11.4 Å². The Morgan fingerprint density at radius 1 is 0.602 bits per heavy atom. The monoisotopic (exact) mass is 1330 g/mol. The van der Waals surface area contributed by atoms with Gasteiger partial charge in [0.15, 0.2) is 12.3 Å². The maximum atomic E-state index is 12.8. The Kier molecular flexibility index (Phi) is 22.5. The molecule has 33 heteroatoms. The number of methoxy groups -OCH3 is 1. The van der Waals surface area contributed by atoms with Gasteiger partial charge in [0, 0.05) is 71.8 Å². The molecule has 0 bridgehead atoms. The minimum Gasteiger partial charge on any atom is -0.378 e. The molecule has 28 nitrogen and oxygen atoms in total. The second kappa shape index (κ2) is 28.5. The Bertz CT molecular complexity index is 4050. The fourth-order valence-corrected chi connectivity index (χ4v) is 14.0. The molecule has 0 radical (unpaired) electrons. The van der Waals surface area contributed by atoms with Crippen molar-refractivity contribution in [3.8, 4) is 0 Å². The van der Waals surface area contributed by atoms with Crippen LogP contribution < -0.4 is 4.90 Å². The predicted octanol–water partition coefficient (Wildman–Crippen LogP) is 4.52. The molecular weight excluding hydrogens is 1260 g/mol. The average Bonchev–Trinajstić information content (AvgIpc) is 1.77. The van der Waals surface area contributed by atoms with E-state index in [9.17, 15) is 79.2 Å². The van der Waals surface area contributed by atoms with E-state index in [0.29, 0.717) is 51.1 Å². The van der Waals surface area contributed by atoms with Crippen molar-refractivity contribution in [3.05, 3.63) is 95.7 Å². The number of nitrogens with zero attached hydrogens (tertiary/aromatic N) is 3. The van der Waals surface area contributed by atoms with E-state index in [0.717, 1.165) is 12.1 Å². The quantitative estimate of drug-likeness (QED) is 0.0144. The Balaban J connectivity index is 1.08. The molecule has 3 aliphatic heterocycles. The van der Waals surface area contributed by atoms with Gasteiger partial charge in [-0.2, -0.15) is 46.7 Å². The lowest BCUT2D eigenvalue weighted by Gasteiger charge is -2.27. The van der Waals surface area contributed by atoms with Crippen LogP contribution in [0, 0.1) is 0 Å². The summed E-state index contributed by atoms with van der Waals surface area (Å²) in [6.45, 7) is 7.48. The maximum absolute atomic E-state index is 12.8. The van der Waals surface area contributed by atoms with Gasteiger partial charge >= 0.3 is 5.97 Å². The fraction of sp³-hybridized carbons (Fsp3) is 0.455. The van der Waals surface area contributed by atoms with Crippen molar-refractivity contribution < 1.29 is 117 Å². The third kappa shape index (κ3) is 16.7. The van der Waals surface area contributed by atoms with Gasteiger partial charge in [-0.1, -0.05) is 38.1 Å². The molecule has 3 heterocycles. The van der Waals surface area contributed by atoms with Gasteiger partial charge in [0.05, 0.1) is 93.4 Å². The van der Waals surface area contributed by atoms with Gasteiger partial charge in [0.1, 0.15) is 16.4 Å². The Morgan fingerprint density at radius 2 is 1.10 bits per heavy atom. The van der Waals surface area contributed by atoms with Crippen LogP contribution in [-0.4, -0.2) is 197 Å². The zero-order valence-corrected chi connectivity index (χ0v) is 52.3. The van der Waals surface area contributed by atoms with Gasteiger partial charge in [-0.3, -0.25) is 32.4 Å². The molecule has 0 aliphatic carbocycles. The highest BCUT2D eigenvalue weighted by molar-refractivity contribution is 7.87. The molecule has 482 valence electrons. The zero-order valence-electron chi connectivity index (χ0n) is 48.2. The summed E-state index contributed by atoms with van der Waals surface area (Å²) < 4.78 is 211. The minimum absolute atomic E-state index is 0.00350. The largest absolute Gasteiger partial charge is 0.378 e. The van der Waals surface area contributed by atoms with Crippen molar-refractivity contribution in [1.82, 2.24) is 5.06 Å². The summed E-state index contributed by atoms with van der Waals surface area (Å²) in [5, 5.41) is 0.402. The Hall–Kier alpha value is -5.99. The van der Waals surface area contributed by atoms with Crippen LogP contribution in [0.1, 0.15) is 64.0 Å². The van der Waals surface area contributed by atoms with E-state index in [4.69, 9.17) is 33.3 Å². The summed E-state index contributed by atoms with van der Waals surface area (Å²) in [5.41, 5.74) is 0.332. The lowest BCUT2D eigenvalue weighted by Crippen LogP contribution is -2.32. The number of carbonyl (C=O) groups is 3. The smallest absolute Gasteiger partial charge is 0.335 e. The van der Waals surface area contributed by atoms with Crippen molar-refractivity contribution in [3.63, 3.8) is 0 Å². The fourth-order valence-electron chi connectivity index (χ4n) is 10.8. The van der Waals surface area contributed by atoms with Crippen molar-refractivity contribution in [2.45, 2.75) is 83.3 Å². The summed E-state index contributed by atoms with van der Waals surface area (Å²) in [4.78, 5) is 38.5. The molecule has 4 aromatic rings. The highest BCUT2D eigenvalue weighted by atomic mass is 32.2. The molecule has 0 spiro atoms. The molecule has 2 amide bonds. The van der Waals surface area contributed by atoms with Crippen molar-refractivity contribution in [2.75, 3.05) is 104 Å². The number of hydrogen-bond donors (Lipinski definition) is 5. The van der Waals surface area contributed by atoms with Gasteiger partial charge < -0.3 is 38.2 Å². The summed E-state index contributed by atoms with van der Waals surface area (Å²) in [5.74, 6) is -2.61. The van der Waals surface area contributed by atoms with Gasteiger partial charge in [-0.25, -0.2) is 4.79 Å². The number of anilines is 1. The average molecular weight is 1330 g/mol. The number of imide groups is 1. The lowest BCUT2D eigenvalue weighted by molar-refractivity contribution is -0.441. The molecule has 3 aliphatic rings. The normalized spacial score (nSPS) is 17.9. The molecule has 7 rings (SSSR count). The summed E-state index contributed by atoms with van der Waals surface area (Å²) >= 11 is 0. The summed E-state index contributed by atoms with van der Waals surface area (Å²) in [6.07, 6.45) is 8.00. The second-order valence-electron chi connectivity index (χ2n) is 21.0. The first-order chi connectivity index (χ1) is 41.2. The van der Waals surface area contributed by atoms with Crippen molar-refractivity contribution in [2.24, 2.45) is 0 Å². The highest BCUT2D eigenvalue weighted by Crippen LogP contribution is 2.52. The molecule has 88 heavy (non-hydrogen) atoms. The second-order valence-corrected chi connectivity index (χ2v) is 28.2. The number of hydrogen-bond acceptors (Lipinski definition) is 21. The van der Waals surface area contributed by atoms with Gasteiger partial charge in [-0.05, 0) is 78.6 Å². The molecule has 4 aromatic carbocycles. The van der Waals surface area contributed by atoms with Crippen LogP contribution >= 0.6 is 0 Å². The van der Waals surface area contributed by atoms with Crippen molar-refractivity contribution in [1.29, 1.82) is 0 Å². The third-order valence-electron chi connectivity index (χ3n) is 14.7. The van der Waals surface area contributed by atoms with E-state index in [-0.39, 0.29) is 139 Å². The molecule has 1 atom stereocenters. The topological polar surface area (TPSA) is 397 Å². The zero-order chi connectivity index (χ0) is 64.6. The number of amides is 2. The molecule has 1 fully saturated rings. The summed E-state index contributed by atoms with van der Waals surface area (Å²) in [6, 6.07) is 9.37. The number of fused-ring (bicyclic) bond motifs is 6. The number of carbonyl (C=O) groups excluding carboxylic acids is 3.